The summed E-state index contributed by atoms with van der Waals surface area (Å²) in [5, 5.41) is 0. The van der Waals surface area contributed by atoms with E-state index in [0.717, 1.165) is 45.4 Å². The van der Waals surface area contributed by atoms with Crippen LogP contribution < -0.4 is 5.73 Å². The lowest BCUT2D eigenvalue weighted by Crippen LogP contribution is -2.48. The summed E-state index contributed by atoms with van der Waals surface area (Å²) in [5.74, 6) is 0.641. The summed E-state index contributed by atoms with van der Waals surface area (Å²) in [6, 6.07) is 0.181. The number of nitrogens with zero attached hydrogens (tertiary/aromatic N) is 1. The van der Waals surface area contributed by atoms with E-state index in [-0.39, 0.29) is 18.1 Å². The molecule has 2 unspecified atom stereocenters. The van der Waals surface area contributed by atoms with Gasteiger partial charge in [0.15, 0.2) is 0 Å². The molecule has 0 aliphatic carbocycles. The Balaban J connectivity index is 1.90. The molecule has 92 valence electrons. The topological polar surface area (TPSA) is 55.6 Å². The van der Waals surface area contributed by atoms with Crippen LogP contribution in [0.4, 0.5) is 0 Å². The third kappa shape index (κ3) is 2.55. The summed E-state index contributed by atoms with van der Waals surface area (Å²) in [5.41, 5.74) is 5.91. The van der Waals surface area contributed by atoms with Crippen molar-refractivity contribution in [2.45, 2.75) is 44.8 Å². The van der Waals surface area contributed by atoms with E-state index in [4.69, 9.17) is 10.5 Å². The van der Waals surface area contributed by atoms with Crippen LogP contribution in [-0.2, 0) is 9.53 Å². The fourth-order valence-corrected chi connectivity index (χ4v) is 2.62. The van der Waals surface area contributed by atoms with E-state index in [2.05, 4.69) is 0 Å². The van der Waals surface area contributed by atoms with E-state index < -0.39 is 0 Å². The van der Waals surface area contributed by atoms with Gasteiger partial charge in [-0.15, -0.1) is 0 Å². The maximum Gasteiger partial charge on any atom is 0.251 e. The summed E-state index contributed by atoms with van der Waals surface area (Å²) in [7, 11) is 0. The highest BCUT2D eigenvalue weighted by Gasteiger charge is 2.32. The van der Waals surface area contributed by atoms with Gasteiger partial charge in [-0.25, -0.2) is 0 Å². The van der Waals surface area contributed by atoms with Crippen LogP contribution in [0.2, 0.25) is 0 Å². The second-order valence-electron chi connectivity index (χ2n) is 5.05. The van der Waals surface area contributed by atoms with Crippen LogP contribution in [0.3, 0.4) is 0 Å². The second-order valence-corrected chi connectivity index (χ2v) is 5.05. The zero-order valence-corrected chi connectivity index (χ0v) is 10.0. The summed E-state index contributed by atoms with van der Waals surface area (Å²) in [6.45, 7) is 4.46. The van der Waals surface area contributed by atoms with Gasteiger partial charge in [-0.1, -0.05) is 0 Å². The Morgan fingerprint density at radius 1 is 1.44 bits per heavy atom. The first kappa shape index (κ1) is 11.9. The highest BCUT2D eigenvalue weighted by molar-refractivity contribution is 5.81. The summed E-state index contributed by atoms with van der Waals surface area (Å²) in [4.78, 5) is 14.1. The standard InChI is InChI=1S/C12H22N2O2/c1-9(13)10-4-2-6-14(8-10)12(15)11-5-3-7-16-11/h9-11H,2-8,13H2,1H3/t9?,10?,11-/m1/s1. The molecule has 0 radical (unpaired) electrons. The van der Waals surface area contributed by atoms with Gasteiger partial charge in [0, 0.05) is 25.7 Å². The first-order valence-electron chi connectivity index (χ1n) is 6.34. The van der Waals surface area contributed by atoms with Gasteiger partial charge >= 0.3 is 0 Å². The Morgan fingerprint density at radius 3 is 2.88 bits per heavy atom. The summed E-state index contributed by atoms with van der Waals surface area (Å²) >= 11 is 0. The number of likely N-dealkylation sites (tertiary alicyclic amines) is 1. The number of rotatable bonds is 2. The highest BCUT2D eigenvalue weighted by atomic mass is 16.5. The third-order valence-corrected chi connectivity index (χ3v) is 3.72. The Kier molecular flexibility index (Phi) is 3.82. The molecule has 2 N–H and O–H groups in total. The average molecular weight is 226 g/mol. The molecular weight excluding hydrogens is 204 g/mol. The molecule has 3 atom stereocenters. The Labute approximate surface area is 97.1 Å². The van der Waals surface area contributed by atoms with Crippen molar-refractivity contribution in [3.05, 3.63) is 0 Å². The molecule has 0 aromatic heterocycles. The van der Waals surface area contributed by atoms with Crippen molar-refractivity contribution in [3.63, 3.8) is 0 Å². The molecule has 4 nitrogen and oxygen atoms in total. The number of piperidine rings is 1. The molecule has 2 rings (SSSR count). The molecule has 1 amide bonds. The van der Waals surface area contributed by atoms with Crippen LogP contribution in [0.15, 0.2) is 0 Å². The molecule has 2 aliphatic heterocycles. The summed E-state index contributed by atoms with van der Waals surface area (Å²) in [6.07, 6.45) is 3.95. The van der Waals surface area contributed by atoms with Crippen LogP contribution in [-0.4, -0.2) is 42.6 Å². The van der Waals surface area contributed by atoms with Crippen molar-refractivity contribution in [3.8, 4) is 0 Å². The van der Waals surface area contributed by atoms with Crippen LogP contribution in [0.25, 0.3) is 0 Å². The van der Waals surface area contributed by atoms with E-state index >= 15 is 0 Å². The smallest absolute Gasteiger partial charge is 0.251 e. The number of carbonyl (C=O) groups is 1. The number of nitrogens with two attached hydrogens (primary N) is 1. The van der Waals surface area contributed by atoms with Crippen LogP contribution in [0, 0.1) is 5.92 Å². The van der Waals surface area contributed by atoms with Crippen molar-refractivity contribution in [2.75, 3.05) is 19.7 Å². The molecule has 0 saturated carbocycles. The van der Waals surface area contributed by atoms with Crippen LogP contribution >= 0.6 is 0 Å². The van der Waals surface area contributed by atoms with Crippen molar-refractivity contribution < 1.29 is 9.53 Å². The van der Waals surface area contributed by atoms with Crippen molar-refractivity contribution in [1.82, 2.24) is 4.90 Å². The monoisotopic (exact) mass is 226 g/mol. The van der Waals surface area contributed by atoms with Gasteiger partial charge < -0.3 is 15.4 Å². The van der Waals surface area contributed by atoms with Gasteiger partial charge in [-0.3, -0.25) is 4.79 Å². The van der Waals surface area contributed by atoms with Crippen LogP contribution in [0.5, 0.6) is 0 Å². The lowest BCUT2D eigenvalue weighted by atomic mass is 9.92. The van der Waals surface area contributed by atoms with Gasteiger partial charge in [0.05, 0.1) is 0 Å². The normalized spacial score (nSPS) is 32.8. The lowest BCUT2D eigenvalue weighted by molar-refractivity contribution is -0.142. The molecular formula is C12H22N2O2. The molecule has 4 heteroatoms. The fourth-order valence-electron chi connectivity index (χ4n) is 2.62. The fraction of sp³-hybridized carbons (Fsp3) is 0.917. The van der Waals surface area contributed by atoms with Crippen LogP contribution in [0.1, 0.15) is 32.6 Å². The minimum Gasteiger partial charge on any atom is -0.368 e. The minimum absolute atomic E-state index is 0.174. The lowest BCUT2D eigenvalue weighted by Gasteiger charge is -2.35. The maximum absolute atomic E-state index is 12.1. The molecule has 2 saturated heterocycles. The molecule has 2 heterocycles. The first-order valence-corrected chi connectivity index (χ1v) is 6.34. The second kappa shape index (κ2) is 5.15. The van der Waals surface area contributed by atoms with Gasteiger partial charge in [-0.2, -0.15) is 0 Å². The Bertz CT molecular complexity index is 249. The van der Waals surface area contributed by atoms with Crippen molar-refractivity contribution in [1.29, 1.82) is 0 Å². The SMILES string of the molecule is CC(N)C1CCCN(C(=O)[C@H]2CCCO2)C1. The molecule has 16 heavy (non-hydrogen) atoms. The van der Waals surface area contributed by atoms with E-state index in [1.165, 1.54) is 0 Å². The molecule has 0 spiro atoms. The minimum atomic E-state index is -0.174. The van der Waals surface area contributed by atoms with Crippen molar-refractivity contribution in [2.24, 2.45) is 11.7 Å². The number of ether oxygens (including phenoxy) is 1. The summed E-state index contributed by atoms with van der Waals surface area (Å²) < 4.78 is 5.44. The molecule has 0 aromatic carbocycles. The maximum atomic E-state index is 12.1. The van der Waals surface area contributed by atoms with E-state index in [1.807, 2.05) is 11.8 Å². The molecule has 0 aromatic rings. The number of amides is 1. The van der Waals surface area contributed by atoms with E-state index in [1.54, 1.807) is 0 Å². The molecule has 0 bridgehead atoms. The quantitative estimate of drug-likeness (QED) is 0.756. The van der Waals surface area contributed by atoms with Crippen molar-refractivity contribution >= 4 is 5.91 Å². The Hall–Kier alpha value is -0.610. The molecule has 2 aliphatic rings. The zero-order chi connectivity index (χ0) is 11.5. The average Bonchev–Trinajstić information content (AvgIpc) is 2.81. The predicted molar refractivity (Wildman–Crippen MR) is 61.9 cm³/mol. The number of carbonyl (C=O) groups excluding carboxylic acids is 1. The Morgan fingerprint density at radius 2 is 2.25 bits per heavy atom. The highest BCUT2D eigenvalue weighted by Crippen LogP contribution is 2.22. The van der Waals surface area contributed by atoms with E-state index in [9.17, 15) is 4.79 Å². The van der Waals surface area contributed by atoms with Gasteiger partial charge in [-0.05, 0) is 38.5 Å². The first-order chi connectivity index (χ1) is 7.68. The van der Waals surface area contributed by atoms with E-state index in [0.29, 0.717) is 5.92 Å². The van der Waals surface area contributed by atoms with Gasteiger partial charge in [0.25, 0.3) is 5.91 Å². The number of hydrogen-bond donors (Lipinski definition) is 1. The molecule has 2 fully saturated rings. The van der Waals surface area contributed by atoms with Gasteiger partial charge in [0.1, 0.15) is 6.10 Å². The largest absolute Gasteiger partial charge is 0.368 e. The van der Waals surface area contributed by atoms with Gasteiger partial charge in [0.2, 0.25) is 0 Å². The predicted octanol–water partition coefficient (Wildman–Crippen LogP) is 0.751. The zero-order valence-electron chi connectivity index (χ0n) is 10.0. The third-order valence-electron chi connectivity index (χ3n) is 3.72. The number of hydrogen-bond acceptors (Lipinski definition) is 3.